The van der Waals surface area contributed by atoms with E-state index in [1.165, 1.54) is 0 Å². The lowest BCUT2D eigenvalue weighted by Gasteiger charge is -2.32. The van der Waals surface area contributed by atoms with Gasteiger partial charge in [0.25, 0.3) is 0 Å². The number of ether oxygens (including phenoxy) is 2. The summed E-state index contributed by atoms with van der Waals surface area (Å²) in [4.78, 5) is 16.1. The lowest BCUT2D eigenvalue weighted by Crippen LogP contribution is -2.49. The van der Waals surface area contributed by atoms with Crippen LogP contribution in [0.2, 0.25) is 0 Å². The van der Waals surface area contributed by atoms with Gasteiger partial charge in [0, 0.05) is 39.9 Å². The van der Waals surface area contributed by atoms with Crippen LogP contribution in [-0.2, 0) is 14.3 Å². The summed E-state index contributed by atoms with van der Waals surface area (Å²) in [5.74, 6) is 0.217. The summed E-state index contributed by atoms with van der Waals surface area (Å²) in [7, 11) is 3.76. The quantitative estimate of drug-likeness (QED) is 0.564. The predicted molar refractivity (Wildman–Crippen MR) is 78.9 cm³/mol. The predicted octanol–water partition coefficient (Wildman–Crippen LogP) is -0.207. The first kappa shape index (κ1) is 17.4. The Bertz CT molecular complexity index is 256. The molecule has 1 amide bonds. The van der Waals surface area contributed by atoms with Gasteiger partial charge in [0.15, 0.2) is 0 Å². The third-order valence-corrected chi connectivity index (χ3v) is 3.46. The Morgan fingerprint density at radius 1 is 1.10 bits per heavy atom. The van der Waals surface area contributed by atoms with Gasteiger partial charge in [-0.05, 0) is 26.4 Å². The van der Waals surface area contributed by atoms with Crippen LogP contribution in [0.3, 0.4) is 0 Å². The van der Waals surface area contributed by atoms with E-state index < -0.39 is 0 Å². The third kappa shape index (κ3) is 7.79. The fourth-order valence-electron chi connectivity index (χ4n) is 2.06. The zero-order chi connectivity index (χ0) is 14.6. The fourth-order valence-corrected chi connectivity index (χ4v) is 2.06. The molecule has 1 aliphatic heterocycles. The minimum Gasteiger partial charge on any atom is -0.382 e. The molecule has 0 bridgehead atoms. The van der Waals surface area contributed by atoms with Gasteiger partial charge in [0.05, 0.1) is 19.8 Å². The number of hydrogen-bond donors (Lipinski definition) is 1. The smallest absolute Gasteiger partial charge is 0.236 e. The number of amides is 1. The summed E-state index contributed by atoms with van der Waals surface area (Å²) in [6.07, 6.45) is 2.04. The molecule has 6 nitrogen and oxygen atoms in total. The SMILES string of the molecule is COCCOCCCCNCC(=O)N1CCN(C)CC1. The number of carbonyl (C=O) groups is 1. The van der Waals surface area contributed by atoms with Crippen molar-refractivity contribution in [3.8, 4) is 0 Å². The number of methoxy groups -OCH3 is 1. The molecule has 1 heterocycles. The van der Waals surface area contributed by atoms with Crippen LogP contribution in [0.1, 0.15) is 12.8 Å². The highest BCUT2D eigenvalue weighted by molar-refractivity contribution is 5.78. The molecule has 0 atom stereocenters. The van der Waals surface area contributed by atoms with Crippen molar-refractivity contribution in [3.63, 3.8) is 0 Å². The molecule has 1 rings (SSSR count). The molecule has 6 heteroatoms. The molecule has 0 radical (unpaired) electrons. The molecule has 0 aromatic rings. The highest BCUT2D eigenvalue weighted by atomic mass is 16.5. The molecule has 1 aliphatic rings. The molecular formula is C14H29N3O3. The van der Waals surface area contributed by atoms with Crippen molar-refractivity contribution in [1.29, 1.82) is 0 Å². The van der Waals surface area contributed by atoms with E-state index in [0.717, 1.165) is 52.2 Å². The molecule has 0 aromatic heterocycles. The molecule has 0 aromatic carbocycles. The molecule has 0 saturated carbocycles. The number of rotatable bonds is 10. The van der Waals surface area contributed by atoms with Crippen molar-refractivity contribution in [3.05, 3.63) is 0 Å². The van der Waals surface area contributed by atoms with Gasteiger partial charge < -0.3 is 24.6 Å². The van der Waals surface area contributed by atoms with Crippen molar-refractivity contribution >= 4 is 5.91 Å². The second-order valence-electron chi connectivity index (χ2n) is 5.17. The maximum absolute atomic E-state index is 11.9. The Labute approximate surface area is 122 Å². The van der Waals surface area contributed by atoms with Crippen molar-refractivity contribution in [1.82, 2.24) is 15.1 Å². The first-order valence-electron chi connectivity index (χ1n) is 7.47. The van der Waals surface area contributed by atoms with E-state index in [2.05, 4.69) is 17.3 Å². The zero-order valence-electron chi connectivity index (χ0n) is 12.9. The summed E-state index contributed by atoms with van der Waals surface area (Å²) >= 11 is 0. The summed E-state index contributed by atoms with van der Waals surface area (Å²) < 4.78 is 10.3. The van der Waals surface area contributed by atoms with Gasteiger partial charge in [-0.15, -0.1) is 0 Å². The summed E-state index contributed by atoms with van der Waals surface area (Å²) in [5.41, 5.74) is 0. The maximum Gasteiger partial charge on any atom is 0.236 e. The lowest BCUT2D eigenvalue weighted by atomic mass is 10.3. The second kappa shape index (κ2) is 11.0. The number of nitrogens with zero attached hydrogens (tertiary/aromatic N) is 2. The van der Waals surface area contributed by atoms with Gasteiger partial charge in [-0.1, -0.05) is 0 Å². The van der Waals surface area contributed by atoms with Crippen molar-refractivity contribution < 1.29 is 14.3 Å². The summed E-state index contributed by atoms with van der Waals surface area (Å²) in [6, 6.07) is 0. The highest BCUT2D eigenvalue weighted by Crippen LogP contribution is 1.99. The molecule has 118 valence electrons. The van der Waals surface area contributed by atoms with Gasteiger partial charge in [-0.25, -0.2) is 0 Å². The third-order valence-electron chi connectivity index (χ3n) is 3.46. The number of hydrogen-bond acceptors (Lipinski definition) is 5. The topological polar surface area (TPSA) is 54.0 Å². The molecule has 0 aliphatic carbocycles. The zero-order valence-corrected chi connectivity index (χ0v) is 12.9. The molecular weight excluding hydrogens is 258 g/mol. The van der Waals surface area contributed by atoms with Gasteiger partial charge in [0.1, 0.15) is 0 Å². The molecule has 1 N–H and O–H groups in total. The van der Waals surface area contributed by atoms with Crippen molar-refractivity contribution in [2.75, 3.05) is 73.2 Å². The molecule has 1 fully saturated rings. The highest BCUT2D eigenvalue weighted by Gasteiger charge is 2.17. The standard InChI is InChI=1S/C14H29N3O3/c1-16-6-8-17(9-7-16)14(18)13-15-5-3-4-10-20-12-11-19-2/h15H,3-13H2,1-2H3. The average Bonchev–Trinajstić information content (AvgIpc) is 2.46. The van der Waals surface area contributed by atoms with Crippen molar-refractivity contribution in [2.24, 2.45) is 0 Å². The Morgan fingerprint density at radius 2 is 1.85 bits per heavy atom. The van der Waals surface area contributed by atoms with E-state index in [1.807, 2.05) is 4.90 Å². The van der Waals surface area contributed by atoms with E-state index in [9.17, 15) is 4.79 Å². The maximum atomic E-state index is 11.9. The van der Waals surface area contributed by atoms with Crippen molar-refractivity contribution in [2.45, 2.75) is 12.8 Å². The second-order valence-corrected chi connectivity index (χ2v) is 5.17. The van der Waals surface area contributed by atoms with Gasteiger partial charge in [-0.3, -0.25) is 4.79 Å². The van der Waals surface area contributed by atoms with Gasteiger partial charge >= 0.3 is 0 Å². The van der Waals surface area contributed by atoms with Gasteiger partial charge in [-0.2, -0.15) is 0 Å². The first-order valence-corrected chi connectivity index (χ1v) is 7.47. The van der Waals surface area contributed by atoms with E-state index in [4.69, 9.17) is 9.47 Å². The van der Waals surface area contributed by atoms with Crippen LogP contribution >= 0.6 is 0 Å². The average molecular weight is 287 g/mol. The van der Waals surface area contributed by atoms with E-state index >= 15 is 0 Å². The van der Waals surface area contributed by atoms with E-state index in [1.54, 1.807) is 7.11 Å². The normalized spacial score (nSPS) is 16.6. The van der Waals surface area contributed by atoms with Crippen LogP contribution in [0.15, 0.2) is 0 Å². The van der Waals surface area contributed by atoms with Crippen LogP contribution in [-0.4, -0.2) is 89.0 Å². The van der Waals surface area contributed by atoms with Crippen LogP contribution in [0.4, 0.5) is 0 Å². The van der Waals surface area contributed by atoms with Crippen LogP contribution in [0.5, 0.6) is 0 Å². The largest absolute Gasteiger partial charge is 0.382 e. The van der Waals surface area contributed by atoms with E-state index in [0.29, 0.717) is 19.8 Å². The molecule has 1 saturated heterocycles. The van der Waals surface area contributed by atoms with E-state index in [-0.39, 0.29) is 5.91 Å². The van der Waals surface area contributed by atoms with Crippen LogP contribution < -0.4 is 5.32 Å². The minimum atomic E-state index is 0.217. The molecule has 0 unspecified atom stereocenters. The Morgan fingerprint density at radius 3 is 2.55 bits per heavy atom. The summed E-state index contributed by atoms with van der Waals surface area (Å²) in [5, 5.41) is 3.21. The first-order chi connectivity index (χ1) is 9.74. The number of piperazine rings is 1. The van der Waals surface area contributed by atoms with Gasteiger partial charge in [0.2, 0.25) is 5.91 Å². The Kier molecular flexibility index (Phi) is 9.57. The number of likely N-dealkylation sites (N-methyl/N-ethyl adjacent to an activating group) is 1. The summed E-state index contributed by atoms with van der Waals surface area (Å²) in [6.45, 7) is 7.05. The monoisotopic (exact) mass is 287 g/mol. The van der Waals surface area contributed by atoms with Crippen LogP contribution in [0.25, 0.3) is 0 Å². The van der Waals surface area contributed by atoms with Crippen LogP contribution in [0, 0.1) is 0 Å². The molecule has 0 spiro atoms. The lowest BCUT2D eigenvalue weighted by molar-refractivity contribution is -0.131. The molecule has 20 heavy (non-hydrogen) atoms. The minimum absolute atomic E-state index is 0.217. The number of unbranched alkanes of at least 4 members (excludes halogenated alkanes) is 1. The Balaban J connectivity index is 1.89. The number of carbonyl (C=O) groups excluding carboxylic acids is 1. The fraction of sp³-hybridized carbons (Fsp3) is 0.929. The Hall–Kier alpha value is -0.690. The number of nitrogens with one attached hydrogen (secondary N) is 1.